The number of carbonyl (C=O) groups is 1. The minimum atomic E-state index is -0.466. The lowest BCUT2D eigenvalue weighted by Crippen LogP contribution is -2.47. The van der Waals surface area contributed by atoms with Crippen LogP contribution in [-0.2, 0) is 0 Å². The van der Waals surface area contributed by atoms with Crippen molar-refractivity contribution in [2.24, 2.45) is 0 Å². The summed E-state index contributed by atoms with van der Waals surface area (Å²) in [7, 11) is 2.01. The van der Waals surface area contributed by atoms with E-state index in [1.807, 2.05) is 37.4 Å². The Morgan fingerprint density at radius 2 is 1.76 bits per heavy atom. The summed E-state index contributed by atoms with van der Waals surface area (Å²) in [5, 5.41) is 14.5. The average Bonchev–Trinajstić information content (AvgIpc) is 2.63. The molecule has 0 spiro atoms. The summed E-state index contributed by atoms with van der Waals surface area (Å²) in [5.74, 6) is -0.164. The number of benzene rings is 2. The first-order valence-electron chi connectivity index (χ1n) is 8.13. The number of anilines is 2. The summed E-state index contributed by atoms with van der Waals surface area (Å²) in [6.07, 6.45) is 0. The van der Waals surface area contributed by atoms with Crippen LogP contribution in [0.2, 0.25) is 0 Å². The number of rotatable bonds is 4. The second kappa shape index (κ2) is 7.31. The molecule has 130 valence electrons. The standard InChI is InChI=1S/C18H20N4O3/c1-20-9-11-21(12-10-20)18(23)14-7-8-16(17(13-14)22(24)25)19-15-5-3-2-4-6-15/h2-8,13,19H,9-12H2,1H3. The van der Waals surface area contributed by atoms with Crippen LogP contribution >= 0.6 is 0 Å². The molecule has 0 unspecified atom stereocenters. The lowest BCUT2D eigenvalue weighted by molar-refractivity contribution is -0.383. The van der Waals surface area contributed by atoms with Crippen LogP contribution in [0, 0.1) is 10.1 Å². The van der Waals surface area contributed by atoms with Gasteiger partial charge < -0.3 is 15.1 Å². The lowest BCUT2D eigenvalue weighted by Gasteiger charge is -2.32. The van der Waals surface area contributed by atoms with Crippen LogP contribution in [0.1, 0.15) is 10.4 Å². The van der Waals surface area contributed by atoms with Crippen molar-refractivity contribution in [2.75, 3.05) is 38.5 Å². The normalized spacial score (nSPS) is 15.0. The number of nitro benzene ring substituents is 1. The smallest absolute Gasteiger partial charge is 0.293 e. The summed E-state index contributed by atoms with van der Waals surface area (Å²) in [6.45, 7) is 2.88. The third-order valence-corrected chi connectivity index (χ3v) is 4.28. The maximum absolute atomic E-state index is 12.6. The van der Waals surface area contributed by atoms with Gasteiger partial charge in [0.2, 0.25) is 0 Å². The monoisotopic (exact) mass is 340 g/mol. The van der Waals surface area contributed by atoms with Crippen LogP contribution in [0.5, 0.6) is 0 Å². The van der Waals surface area contributed by atoms with E-state index in [0.717, 1.165) is 18.8 Å². The van der Waals surface area contributed by atoms with Crippen molar-refractivity contribution in [3.63, 3.8) is 0 Å². The molecule has 1 amide bonds. The molecule has 25 heavy (non-hydrogen) atoms. The molecule has 1 aliphatic rings. The van der Waals surface area contributed by atoms with Gasteiger partial charge in [0.15, 0.2) is 0 Å². The summed E-state index contributed by atoms with van der Waals surface area (Å²) >= 11 is 0. The molecule has 0 bridgehead atoms. The number of piperazine rings is 1. The molecule has 0 radical (unpaired) electrons. The third kappa shape index (κ3) is 3.95. The van der Waals surface area contributed by atoms with E-state index in [-0.39, 0.29) is 11.6 Å². The molecule has 1 fully saturated rings. The van der Waals surface area contributed by atoms with E-state index < -0.39 is 4.92 Å². The predicted octanol–water partition coefficient (Wildman–Crippen LogP) is 2.73. The number of amides is 1. The van der Waals surface area contributed by atoms with Crippen LogP contribution in [0.3, 0.4) is 0 Å². The largest absolute Gasteiger partial charge is 0.350 e. The second-order valence-corrected chi connectivity index (χ2v) is 6.08. The molecular weight excluding hydrogens is 320 g/mol. The summed E-state index contributed by atoms with van der Waals surface area (Å²) in [5.41, 5.74) is 1.36. The zero-order chi connectivity index (χ0) is 17.8. The Labute approximate surface area is 146 Å². The van der Waals surface area contributed by atoms with E-state index in [1.54, 1.807) is 17.0 Å². The molecule has 7 heteroatoms. The van der Waals surface area contributed by atoms with Crippen molar-refractivity contribution in [2.45, 2.75) is 0 Å². The first-order chi connectivity index (χ1) is 12.0. The summed E-state index contributed by atoms with van der Waals surface area (Å²) in [6, 6.07) is 13.8. The van der Waals surface area contributed by atoms with Crippen molar-refractivity contribution >= 4 is 23.0 Å². The molecule has 7 nitrogen and oxygen atoms in total. The zero-order valence-electron chi connectivity index (χ0n) is 14.0. The van der Waals surface area contributed by atoms with Crippen LogP contribution in [-0.4, -0.2) is 53.9 Å². The Balaban J connectivity index is 1.83. The molecule has 1 heterocycles. The molecule has 2 aromatic rings. The van der Waals surface area contributed by atoms with Gasteiger partial charge in [0.05, 0.1) is 4.92 Å². The highest BCUT2D eigenvalue weighted by Gasteiger charge is 2.23. The molecule has 0 aliphatic carbocycles. The van der Waals surface area contributed by atoms with Gasteiger partial charge in [-0.05, 0) is 31.3 Å². The number of para-hydroxylation sites is 1. The SMILES string of the molecule is CN1CCN(C(=O)c2ccc(Nc3ccccc3)c([N+](=O)[O-])c2)CC1. The molecule has 1 aliphatic heterocycles. The maximum atomic E-state index is 12.6. The van der Waals surface area contributed by atoms with Crippen molar-refractivity contribution in [3.8, 4) is 0 Å². The Hall–Kier alpha value is -2.93. The first-order valence-corrected chi connectivity index (χ1v) is 8.13. The van der Waals surface area contributed by atoms with Gasteiger partial charge in [-0.1, -0.05) is 18.2 Å². The third-order valence-electron chi connectivity index (χ3n) is 4.28. The quantitative estimate of drug-likeness (QED) is 0.684. The number of hydrogen-bond donors (Lipinski definition) is 1. The van der Waals surface area contributed by atoms with Crippen molar-refractivity contribution < 1.29 is 9.72 Å². The van der Waals surface area contributed by atoms with Crippen molar-refractivity contribution in [3.05, 3.63) is 64.2 Å². The number of hydrogen-bond acceptors (Lipinski definition) is 5. The number of nitrogens with one attached hydrogen (secondary N) is 1. The van der Waals surface area contributed by atoms with E-state index in [0.29, 0.717) is 24.3 Å². The zero-order valence-corrected chi connectivity index (χ0v) is 14.0. The van der Waals surface area contributed by atoms with Crippen LogP contribution < -0.4 is 5.32 Å². The summed E-state index contributed by atoms with van der Waals surface area (Å²) < 4.78 is 0. The lowest BCUT2D eigenvalue weighted by atomic mass is 10.1. The van der Waals surface area contributed by atoms with E-state index in [9.17, 15) is 14.9 Å². The molecule has 2 aromatic carbocycles. The number of nitrogens with zero attached hydrogens (tertiary/aromatic N) is 3. The fourth-order valence-corrected chi connectivity index (χ4v) is 2.79. The average molecular weight is 340 g/mol. The van der Waals surface area contributed by atoms with Crippen LogP contribution in [0.4, 0.5) is 17.1 Å². The fourth-order valence-electron chi connectivity index (χ4n) is 2.79. The second-order valence-electron chi connectivity index (χ2n) is 6.08. The van der Waals surface area contributed by atoms with Gasteiger partial charge in [-0.15, -0.1) is 0 Å². The van der Waals surface area contributed by atoms with E-state index in [4.69, 9.17) is 0 Å². The molecule has 0 aromatic heterocycles. The van der Waals surface area contributed by atoms with Gasteiger partial charge in [-0.25, -0.2) is 0 Å². The van der Waals surface area contributed by atoms with Gasteiger partial charge in [-0.3, -0.25) is 14.9 Å². The predicted molar refractivity (Wildman–Crippen MR) is 96.2 cm³/mol. The molecule has 0 saturated carbocycles. The number of nitro groups is 1. The van der Waals surface area contributed by atoms with Gasteiger partial charge in [0, 0.05) is 43.5 Å². The van der Waals surface area contributed by atoms with E-state index in [2.05, 4.69) is 10.2 Å². The Morgan fingerprint density at radius 3 is 2.40 bits per heavy atom. The highest BCUT2D eigenvalue weighted by atomic mass is 16.6. The van der Waals surface area contributed by atoms with E-state index >= 15 is 0 Å². The Morgan fingerprint density at radius 1 is 1.08 bits per heavy atom. The van der Waals surface area contributed by atoms with Gasteiger partial charge in [0.25, 0.3) is 11.6 Å². The topological polar surface area (TPSA) is 78.7 Å². The van der Waals surface area contributed by atoms with Gasteiger partial charge in [-0.2, -0.15) is 0 Å². The summed E-state index contributed by atoms with van der Waals surface area (Å²) in [4.78, 5) is 27.5. The minimum Gasteiger partial charge on any atom is -0.350 e. The Bertz CT molecular complexity index is 771. The number of likely N-dealkylation sites (N-methyl/N-ethyl adjacent to an activating group) is 1. The molecule has 0 atom stereocenters. The molecule has 1 N–H and O–H groups in total. The van der Waals surface area contributed by atoms with Crippen LogP contribution in [0.25, 0.3) is 0 Å². The van der Waals surface area contributed by atoms with Gasteiger partial charge in [0.1, 0.15) is 5.69 Å². The van der Waals surface area contributed by atoms with Crippen LogP contribution in [0.15, 0.2) is 48.5 Å². The van der Waals surface area contributed by atoms with Gasteiger partial charge >= 0.3 is 0 Å². The van der Waals surface area contributed by atoms with Crippen molar-refractivity contribution in [1.29, 1.82) is 0 Å². The fraction of sp³-hybridized carbons (Fsp3) is 0.278. The first kappa shape index (κ1) is 16.9. The molecular formula is C18H20N4O3. The number of carbonyl (C=O) groups excluding carboxylic acids is 1. The minimum absolute atomic E-state index is 0.108. The Kier molecular flexibility index (Phi) is 4.95. The van der Waals surface area contributed by atoms with E-state index in [1.165, 1.54) is 6.07 Å². The highest BCUT2D eigenvalue weighted by Crippen LogP contribution is 2.29. The maximum Gasteiger partial charge on any atom is 0.293 e. The molecule has 1 saturated heterocycles. The highest BCUT2D eigenvalue weighted by molar-refractivity contribution is 5.96. The molecule has 3 rings (SSSR count). The van der Waals surface area contributed by atoms with Crippen molar-refractivity contribution in [1.82, 2.24) is 9.80 Å².